The number of nitrogens with one attached hydrogen (secondary N) is 1. The fourth-order valence-electron chi connectivity index (χ4n) is 2.59. The summed E-state index contributed by atoms with van der Waals surface area (Å²) in [6.07, 6.45) is 3.38. The van der Waals surface area contributed by atoms with E-state index in [1.54, 1.807) is 32.7 Å². The van der Waals surface area contributed by atoms with E-state index in [1.807, 2.05) is 24.3 Å². The van der Waals surface area contributed by atoms with Gasteiger partial charge in [-0.3, -0.25) is 9.97 Å². The number of fused-ring (bicyclic) bond motifs is 1. The summed E-state index contributed by atoms with van der Waals surface area (Å²) in [4.78, 5) is 8.66. The van der Waals surface area contributed by atoms with Crippen molar-refractivity contribution >= 4 is 21.1 Å². The summed E-state index contributed by atoms with van der Waals surface area (Å²) in [6.45, 7) is 0.0290. The van der Waals surface area contributed by atoms with Gasteiger partial charge in [-0.15, -0.1) is 0 Å². The molecule has 136 valence electrons. The fraction of sp³-hybridized carbons (Fsp3) is 0.176. The topological polar surface area (TPSA) is 116 Å². The minimum absolute atomic E-state index is 0.0290. The summed E-state index contributed by atoms with van der Waals surface area (Å²) in [7, 11) is -0.599. The SMILES string of the molecule is COc1cc2nccc(-c3ccc(CNS(N)(=O)=O)nc3)c2cc1OC. The zero-order valence-corrected chi connectivity index (χ0v) is 15.1. The zero-order valence-electron chi connectivity index (χ0n) is 14.3. The van der Waals surface area contributed by atoms with Crippen LogP contribution in [-0.2, 0) is 16.8 Å². The Kier molecular flexibility index (Phi) is 5.03. The molecule has 0 aliphatic rings. The number of nitrogens with two attached hydrogens (primary N) is 1. The van der Waals surface area contributed by atoms with Crippen molar-refractivity contribution in [1.29, 1.82) is 0 Å². The molecule has 0 radical (unpaired) electrons. The lowest BCUT2D eigenvalue weighted by Gasteiger charge is -2.12. The number of ether oxygens (including phenoxy) is 2. The van der Waals surface area contributed by atoms with Gasteiger partial charge in [0.15, 0.2) is 11.5 Å². The monoisotopic (exact) mass is 374 g/mol. The molecule has 0 saturated heterocycles. The Morgan fingerprint density at radius 1 is 1.08 bits per heavy atom. The number of methoxy groups -OCH3 is 2. The molecule has 0 aliphatic carbocycles. The summed E-state index contributed by atoms with van der Waals surface area (Å²) < 4.78 is 34.8. The smallest absolute Gasteiger partial charge is 0.274 e. The number of rotatable bonds is 6. The van der Waals surface area contributed by atoms with Crippen molar-refractivity contribution in [2.45, 2.75) is 6.54 Å². The van der Waals surface area contributed by atoms with Gasteiger partial charge in [-0.1, -0.05) is 6.07 Å². The van der Waals surface area contributed by atoms with Crippen molar-refractivity contribution in [3.8, 4) is 22.6 Å². The predicted molar refractivity (Wildman–Crippen MR) is 98.0 cm³/mol. The van der Waals surface area contributed by atoms with Gasteiger partial charge in [-0.05, 0) is 23.8 Å². The molecule has 3 rings (SSSR count). The summed E-state index contributed by atoms with van der Waals surface area (Å²) in [5, 5.41) is 5.81. The summed E-state index contributed by atoms with van der Waals surface area (Å²) in [6, 6.07) is 9.16. The van der Waals surface area contributed by atoms with Gasteiger partial charge in [0.25, 0.3) is 10.2 Å². The lowest BCUT2D eigenvalue weighted by atomic mass is 10.0. The van der Waals surface area contributed by atoms with Crippen molar-refractivity contribution in [3.63, 3.8) is 0 Å². The maximum absolute atomic E-state index is 11.0. The van der Waals surface area contributed by atoms with Crippen LogP contribution in [0.4, 0.5) is 0 Å². The van der Waals surface area contributed by atoms with E-state index in [0.717, 1.165) is 22.0 Å². The third-order valence-corrected chi connectivity index (χ3v) is 4.38. The first-order valence-corrected chi connectivity index (χ1v) is 9.19. The molecule has 2 heterocycles. The standard InChI is InChI=1S/C17H18N4O4S/c1-24-16-7-14-13(5-6-19-15(14)8-17(16)25-2)11-3-4-12(20-9-11)10-21-26(18,22)23/h3-9,21H,10H2,1-2H3,(H2,18,22,23). The first kappa shape index (κ1) is 18.1. The van der Waals surface area contributed by atoms with Gasteiger partial charge in [-0.2, -0.15) is 13.1 Å². The Morgan fingerprint density at radius 2 is 1.81 bits per heavy atom. The lowest BCUT2D eigenvalue weighted by Crippen LogP contribution is -2.30. The summed E-state index contributed by atoms with van der Waals surface area (Å²) in [5.41, 5.74) is 3.11. The fourth-order valence-corrected chi connectivity index (χ4v) is 2.94. The minimum Gasteiger partial charge on any atom is -0.493 e. The van der Waals surface area contributed by atoms with Crippen molar-refractivity contribution in [2.75, 3.05) is 14.2 Å². The van der Waals surface area contributed by atoms with Crippen LogP contribution >= 0.6 is 0 Å². The van der Waals surface area contributed by atoms with Gasteiger partial charge in [0, 0.05) is 29.4 Å². The molecule has 0 unspecified atom stereocenters. The maximum atomic E-state index is 11.0. The Balaban J connectivity index is 1.99. The van der Waals surface area contributed by atoms with Gasteiger partial charge in [0.2, 0.25) is 0 Å². The number of benzene rings is 1. The molecule has 8 nitrogen and oxygen atoms in total. The summed E-state index contributed by atoms with van der Waals surface area (Å²) in [5.74, 6) is 1.21. The highest BCUT2D eigenvalue weighted by Gasteiger charge is 2.11. The molecule has 0 aliphatic heterocycles. The van der Waals surface area contributed by atoms with Crippen LogP contribution in [0.25, 0.3) is 22.0 Å². The van der Waals surface area contributed by atoms with E-state index in [0.29, 0.717) is 17.2 Å². The van der Waals surface area contributed by atoms with E-state index >= 15 is 0 Å². The number of pyridine rings is 2. The van der Waals surface area contributed by atoms with Crippen LogP contribution in [0, 0.1) is 0 Å². The number of nitrogens with zero attached hydrogens (tertiary/aromatic N) is 2. The lowest BCUT2D eigenvalue weighted by molar-refractivity contribution is 0.356. The van der Waals surface area contributed by atoms with Crippen LogP contribution in [0.15, 0.2) is 42.7 Å². The average Bonchev–Trinajstić information content (AvgIpc) is 2.64. The van der Waals surface area contributed by atoms with Crippen LogP contribution in [0.5, 0.6) is 11.5 Å². The molecule has 3 N–H and O–H groups in total. The Morgan fingerprint density at radius 3 is 2.42 bits per heavy atom. The molecule has 1 aromatic carbocycles. The molecule has 2 aromatic heterocycles. The normalized spacial score (nSPS) is 11.5. The van der Waals surface area contributed by atoms with E-state index in [2.05, 4.69) is 14.7 Å². The molecule has 0 bridgehead atoms. The van der Waals surface area contributed by atoms with Gasteiger partial charge in [-0.25, -0.2) is 5.14 Å². The van der Waals surface area contributed by atoms with E-state index in [-0.39, 0.29) is 6.54 Å². The molecule has 0 spiro atoms. The molecular formula is C17H18N4O4S. The number of aromatic nitrogens is 2. The Labute approximate surface area is 151 Å². The van der Waals surface area contributed by atoms with Crippen molar-refractivity contribution in [2.24, 2.45) is 5.14 Å². The van der Waals surface area contributed by atoms with Crippen LogP contribution in [0.3, 0.4) is 0 Å². The third-order valence-electron chi connectivity index (χ3n) is 3.84. The van der Waals surface area contributed by atoms with Crippen LogP contribution in [-0.4, -0.2) is 32.6 Å². The molecule has 0 atom stereocenters. The number of hydrogen-bond donors (Lipinski definition) is 2. The molecule has 0 saturated carbocycles. The Bertz CT molecular complexity index is 1040. The predicted octanol–water partition coefficient (Wildman–Crippen LogP) is 1.61. The first-order valence-electron chi connectivity index (χ1n) is 7.64. The maximum Gasteiger partial charge on any atom is 0.274 e. The van der Waals surface area contributed by atoms with E-state index < -0.39 is 10.2 Å². The second-order valence-corrected chi connectivity index (χ2v) is 6.87. The highest BCUT2D eigenvalue weighted by Crippen LogP contribution is 2.35. The van der Waals surface area contributed by atoms with Gasteiger partial charge in [0.1, 0.15) is 0 Å². The van der Waals surface area contributed by atoms with Gasteiger partial charge < -0.3 is 9.47 Å². The van der Waals surface area contributed by atoms with Crippen LogP contribution in [0.2, 0.25) is 0 Å². The highest BCUT2D eigenvalue weighted by atomic mass is 32.2. The van der Waals surface area contributed by atoms with Crippen molar-refractivity contribution in [3.05, 3.63) is 48.4 Å². The minimum atomic E-state index is -3.75. The molecule has 3 aromatic rings. The highest BCUT2D eigenvalue weighted by molar-refractivity contribution is 7.87. The second-order valence-electron chi connectivity index (χ2n) is 5.49. The molecule has 26 heavy (non-hydrogen) atoms. The van der Waals surface area contributed by atoms with Crippen molar-refractivity contribution < 1.29 is 17.9 Å². The molecule has 0 amide bonds. The van der Waals surface area contributed by atoms with E-state index in [1.165, 1.54) is 0 Å². The Hall–Kier alpha value is -2.75. The first-order chi connectivity index (χ1) is 12.4. The third kappa shape index (κ3) is 3.90. The average molecular weight is 374 g/mol. The molecule has 9 heteroatoms. The van der Waals surface area contributed by atoms with Gasteiger partial charge >= 0.3 is 0 Å². The van der Waals surface area contributed by atoms with E-state index in [9.17, 15) is 8.42 Å². The zero-order chi connectivity index (χ0) is 18.7. The van der Waals surface area contributed by atoms with Crippen LogP contribution in [0.1, 0.15) is 5.69 Å². The molecular weight excluding hydrogens is 356 g/mol. The quantitative estimate of drug-likeness (QED) is 0.677. The molecule has 0 fully saturated rings. The van der Waals surface area contributed by atoms with E-state index in [4.69, 9.17) is 14.6 Å². The van der Waals surface area contributed by atoms with Crippen LogP contribution < -0.4 is 19.3 Å². The van der Waals surface area contributed by atoms with Gasteiger partial charge in [0.05, 0.1) is 32.0 Å². The second kappa shape index (κ2) is 7.24. The van der Waals surface area contributed by atoms with Crippen molar-refractivity contribution in [1.82, 2.24) is 14.7 Å². The number of hydrogen-bond acceptors (Lipinski definition) is 6. The summed E-state index contributed by atoms with van der Waals surface area (Å²) >= 11 is 0. The largest absolute Gasteiger partial charge is 0.493 e.